The maximum absolute atomic E-state index is 12.4. The van der Waals surface area contributed by atoms with E-state index in [1.165, 1.54) is 5.56 Å². The number of amides is 1. The summed E-state index contributed by atoms with van der Waals surface area (Å²) >= 11 is 1.68. The zero-order valence-corrected chi connectivity index (χ0v) is 13.1. The normalized spacial score (nSPS) is 24.2. The molecule has 0 spiro atoms. The molecule has 2 atom stereocenters. The Labute approximate surface area is 120 Å². The molecule has 19 heavy (non-hydrogen) atoms. The van der Waals surface area contributed by atoms with Crippen molar-refractivity contribution in [1.82, 2.24) is 10.2 Å². The highest BCUT2D eigenvalue weighted by Crippen LogP contribution is 2.30. The van der Waals surface area contributed by atoms with Crippen molar-refractivity contribution in [3.8, 4) is 0 Å². The van der Waals surface area contributed by atoms with Gasteiger partial charge in [0.25, 0.3) is 0 Å². The van der Waals surface area contributed by atoms with E-state index in [2.05, 4.69) is 49.8 Å². The van der Waals surface area contributed by atoms with Gasteiger partial charge in [-0.05, 0) is 40.6 Å². The molecule has 106 valence electrons. The van der Waals surface area contributed by atoms with Crippen LogP contribution >= 0.6 is 11.3 Å². The van der Waals surface area contributed by atoms with Crippen molar-refractivity contribution < 1.29 is 4.79 Å². The van der Waals surface area contributed by atoms with Crippen LogP contribution in [0, 0.1) is 5.41 Å². The van der Waals surface area contributed by atoms with Crippen molar-refractivity contribution >= 4 is 17.2 Å². The Balaban J connectivity index is 2.13. The van der Waals surface area contributed by atoms with E-state index in [0.717, 1.165) is 19.4 Å². The smallest absolute Gasteiger partial charge is 0.241 e. The van der Waals surface area contributed by atoms with Crippen molar-refractivity contribution in [3.63, 3.8) is 0 Å². The Morgan fingerprint density at radius 1 is 1.42 bits per heavy atom. The zero-order valence-electron chi connectivity index (χ0n) is 12.3. The SMILES string of the molecule is CCC1NC(c2ccsc2)N(CCC(C)(C)C)C1=O. The average molecular weight is 280 g/mol. The molecule has 0 aliphatic carbocycles. The highest BCUT2D eigenvalue weighted by molar-refractivity contribution is 7.07. The number of hydrogen-bond donors (Lipinski definition) is 1. The first kappa shape index (κ1) is 14.5. The van der Waals surface area contributed by atoms with Gasteiger partial charge >= 0.3 is 0 Å². The quantitative estimate of drug-likeness (QED) is 0.917. The molecule has 0 bridgehead atoms. The van der Waals surface area contributed by atoms with E-state index in [9.17, 15) is 4.79 Å². The molecular weight excluding hydrogens is 256 g/mol. The van der Waals surface area contributed by atoms with Crippen molar-refractivity contribution in [3.05, 3.63) is 22.4 Å². The lowest BCUT2D eigenvalue weighted by Crippen LogP contribution is -2.33. The number of carbonyl (C=O) groups excluding carboxylic acids is 1. The van der Waals surface area contributed by atoms with Gasteiger partial charge in [0.1, 0.15) is 6.17 Å². The highest BCUT2D eigenvalue weighted by atomic mass is 32.1. The van der Waals surface area contributed by atoms with Crippen LogP contribution < -0.4 is 5.32 Å². The van der Waals surface area contributed by atoms with Crippen LogP contribution in [0.4, 0.5) is 0 Å². The fourth-order valence-electron chi connectivity index (χ4n) is 2.37. The van der Waals surface area contributed by atoms with Crippen molar-refractivity contribution in [2.24, 2.45) is 5.41 Å². The monoisotopic (exact) mass is 280 g/mol. The summed E-state index contributed by atoms with van der Waals surface area (Å²) in [6.07, 6.45) is 1.94. The first-order valence-electron chi connectivity index (χ1n) is 7.01. The molecule has 1 aromatic heterocycles. The molecule has 0 saturated carbocycles. The van der Waals surface area contributed by atoms with Crippen LogP contribution in [-0.4, -0.2) is 23.4 Å². The molecule has 4 heteroatoms. The Hall–Kier alpha value is -0.870. The van der Waals surface area contributed by atoms with E-state index >= 15 is 0 Å². The van der Waals surface area contributed by atoms with Gasteiger partial charge in [0, 0.05) is 6.54 Å². The Bertz CT molecular complexity index is 422. The first-order valence-corrected chi connectivity index (χ1v) is 7.95. The van der Waals surface area contributed by atoms with Crippen LogP contribution in [-0.2, 0) is 4.79 Å². The van der Waals surface area contributed by atoms with Crippen LogP contribution in [0.3, 0.4) is 0 Å². The summed E-state index contributed by atoms with van der Waals surface area (Å²) in [5, 5.41) is 7.67. The van der Waals surface area contributed by atoms with Gasteiger partial charge in [-0.1, -0.05) is 27.7 Å². The van der Waals surface area contributed by atoms with E-state index in [4.69, 9.17) is 0 Å². The first-order chi connectivity index (χ1) is 8.92. The van der Waals surface area contributed by atoms with E-state index in [-0.39, 0.29) is 23.5 Å². The van der Waals surface area contributed by atoms with Crippen molar-refractivity contribution in [2.45, 2.75) is 52.7 Å². The highest BCUT2D eigenvalue weighted by Gasteiger charge is 2.38. The van der Waals surface area contributed by atoms with E-state index < -0.39 is 0 Å². The molecular formula is C15H24N2OS. The Morgan fingerprint density at radius 2 is 2.16 bits per heavy atom. The molecule has 1 saturated heterocycles. The minimum absolute atomic E-state index is 0.0233. The van der Waals surface area contributed by atoms with Gasteiger partial charge in [0.15, 0.2) is 0 Å². The summed E-state index contributed by atoms with van der Waals surface area (Å²) in [6.45, 7) is 9.55. The number of rotatable bonds is 4. The molecule has 0 aromatic carbocycles. The molecule has 1 amide bonds. The second-order valence-electron chi connectivity index (χ2n) is 6.43. The summed E-state index contributed by atoms with van der Waals surface area (Å²) in [5.41, 5.74) is 1.47. The van der Waals surface area contributed by atoms with Gasteiger partial charge < -0.3 is 4.90 Å². The predicted octanol–water partition coefficient (Wildman–Crippen LogP) is 3.39. The third-order valence-corrected chi connectivity index (χ3v) is 4.32. The molecule has 1 N–H and O–H groups in total. The van der Waals surface area contributed by atoms with Crippen LogP contribution in [0.25, 0.3) is 0 Å². The molecule has 3 nitrogen and oxygen atoms in total. The van der Waals surface area contributed by atoms with Crippen LogP contribution in [0.1, 0.15) is 52.3 Å². The molecule has 2 rings (SSSR count). The molecule has 1 aliphatic rings. The fourth-order valence-corrected chi connectivity index (χ4v) is 3.05. The summed E-state index contributed by atoms with van der Waals surface area (Å²) in [6, 6.07) is 2.09. The summed E-state index contributed by atoms with van der Waals surface area (Å²) in [4.78, 5) is 14.4. The number of thiophene rings is 1. The van der Waals surface area contributed by atoms with Crippen LogP contribution in [0.15, 0.2) is 16.8 Å². The zero-order chi connectivity index (χ0) is 14.0. The molecule has 1 fully saturated rings. The average Bonchev–Trinajstić information content (AvgIpc) is 2.93. The van der Waals surface area contributed by atoms with Gasteiger partial charge in [0.2, 0.25) is 5.91 Å². The van der Waals surface area contributed by atoms with E-state index in [1.807, 2.05) is 4.90 Å². The maximum atomic E-state index is 12.4. The summed E-state index contributed by atoms with van der Waals surface area (Å²) in [5.74, 6) is 0.253. The third-order valence-electron chi connectivity index (χ3n) is 3.62. The summed E-state index contributed by atoms with van der Waals surface area (Å²) in [7, 11) is 0. The topological polar surface area (TPSA) is 32.3 Å². The second kappa shape index (κ2) is 5.63. The van der Waals surface area contributed by atoms with Gasteiger partial charge in [-0.2, -0.15) is 11.3 Å². The predicted molar refractivity (Wildman–Crippen MR) is 80.1 cm³/mol. The summed E-state index contributed by atoms with van der Waals surface area (Å²) < 4.78 is 0. The molecule has 1 aliphatic heterocycles. The molecule has 2 heterocycles. The number of hydrogen-bond acceptors (Lipinski definition) is 3. The lowest BCUT2D eigenvalue weighted by atomic mass is 9.92. The van der Waals surface area contributed by atoms with Gasteiger partial charge in [0.05, 0.1) is 6.04 Å². The van der Waals surface area contributed by atoms with Gasteiger partial charge in [-0.3, -0.25) is 10.1 Å². The van der Waals surface area contributed by atoms with Crippen molar-refractivity contribution in [1.29, 1.82) is 0 Å². The Morgan fingerprint density at radius 3 is 2.68 bits per heavy atom. The molecule has 0 radical (unpaired) electrons. The van der Waals surface area contributed by atoms with E-state index in [1.54, 1.807) is 11.3 Å². The molecule has 1 aromatic rings. The Kier molecular flexibility index (Phi) is 4.31. The molecule has 2 unspecified atom stereocenters. The lowest BCUT2D eigenvalue weighted by molar-refractivity contribution is -0.130. The fraction of sp³-hybridized carbons (Fsp3) is 0.667. The maximum Gasteiger partial charge on any atom is 0.241 e. The largest absolute Gasteiger partial charge is 0.322 e. The minimum Gasteiger partial charge on any atom is -0.322 e. The number of nitrogens with zero attached hydrogens (tertiary/aromatic N) is 1. The van der Waals surface area contributed by atoms with Gasteiger partial charge in [-0.15, -0.1) is 0 Å². The second-order valence-corrected chi connectivity index (χ2v) is 7.21. The van der Waals surface area contributed by atoms with E-state index in [0.29, 0.717) is 0 Å². The van der Waals surface area contributed by atoms with Gasteiger partial charge in [-0.25, -0.2) is 0 Å². The third kappa shape index (κ3) is 3.37. The van der Waals surface area contributed by atoms with Crippen LogP contribution in [0.5, 0.6) is 0 Å². The number of nitrogens with one attached hydrogen (secondary N) is 1. The minimum atomic E-state index is -0.0233. The standard InChI is InChI=1S/C15H24N2OS/c1-5-12-14(18)17(8-7-15(2,3)4)13(16-12)11-6-9-19-10-11/h6,9-10,12-13,16H,5,7-8H2,1-4H3. The number of carbonyl (C=O) groups is 1. The van der Waals surface area contributed by atoms with Crippen LogP contribution in [0.2, 0.25) is 0 Å². The lowest BCUT2D eigenvalue weighted by Gasteiger charge is -2.27. The van der Waals surface area contributed by atoms with Crippen molar-refractivity contribution in [2.75, 3.05) is 6.54 Å².